The standard InChI is InChI=1S/C12H19N3O2/c1-3-6-14-7-8-15(12(14)17)9-11(16)13(2)10-4-5-10/h7-8,10H,3-6,9H2,1-2H3. The average molecular weight is 237 g/mol. The molecule has 5 nitrogen and oxygen atoms in total. The van der Waals surface area contributed by atoms with E-state index in [1.807, 2.05) is 14.0 Å². The largest absolute Gasteiger partial charge is 0.341 e. The van der Waals surface area contributed by atoms with E-state index in [4.69, 9.17) is 0 Å². The average Bonchev–Trinajstić information content (AvgIpc) is 3.10. The molecule has 0 spiro atoms. The van der Waals surface area contributed by atoms with Gasteiger partial charge in [0, 0.05) is 32.0 Å². The Kier molecular flexibility index (Phi) is 3.36. The molecule has 1 aromatic rings. The van der Waals surface area contributed by atoms with E-state index in [1.54, 1.807) is 21.9 Å². The predicted octanol–water partition coefficient (Wildman–Crippen LogP) is 0.681. The Labute approximate surface area is 101 Å². The van der Waals surface area contributed by atoms with Crippen molar-refractivity contribution < 1.29 is 4.79 Å². The molecule has 1 saturated carbocycles. The topological polar surface area (TPSA) is 47.2 Å². The van der Waals surface area contributed by atoms with Crippen LogP contribution in [-0.4, -0.2) is 33.0 Å². The fourth-order valence-electron chi connectivity index (χ4n) is 1.91. The van der Waals surface area contributed by atoms with E-state index in [0.29, 0.717) is 12.6 Å². The van der Waals surface area contributed by atoms with E-state index in [0.717, 1.165) is 19.3 Å². The molecule has 0 atom stereocenters. The minimum atomic E-state index is -0.0932. The number of amides is 1. The van der Waals surface area contributed by atoms with Crippen LogP contribution in [-0.2, 0) is 17.9 Å². The Hall–Kier alpha value is -1.52. The summed E-state index contributed by atoms with van der Waals surface area (Å²) in [4.78, 5) is 25.5. The molecule has 94 valence electrons. The van der Waals surface area contributed by atoms with Gasteiger partial charge < -0.3 is 4.90 Å². The maximum atomic E-state index is 11.9. The van der Waals surface area contributed by atoms with Crippen molar-refractivity contribution in [1.29, 1.82) is 0 Å². The molecular formula is C12H19N3O2. The van der Waals surface area contributed by atoms with Crippen LogP contribution in [0.1, 0.15) is 26.2 Å². The zero-order valence-corrected chi connectivity index (χ0v) is 10.4. The zero-order chi connectivity index (χ0) is 12.4. The third-order valence-corrected chi connectivity index (χ3v) is 3.18. The minimum absolute atomic E-state index is 0.0175. The summed E-state index contributed by atoms with van der Waals surface area (Å²) in [5.41, 5.74) is -0.0932. The summed E-state index contributed by atoms with van der Waals surface area (Å²) < 4.78 is 3.13. The van der Waals surface area contributed by atoms with Crippen LogP contribution in [0.25, 0.3) is 0 Å². The fraction of sp³-hybridized carbons (Fsp3) is 0.667. The smallest absolute Gasteiger partial charge is 0.328 e. The lowest BCUT2D eigenvalue weighted by atomic mass is 10.4. The Morgan fingerprint density at radius 2 is 2.06 bits per heavy atom. The van der Waals surface area contributed by atoms with Crippen LogP contribution in [0.3, 0.4) is 0 Å². The van der Waals surface area contributed by atoms with Gasteiger partial charge in [-0.2, -0.15) is 0 Å². The third-order valence-electron chi connectivity index (χ3n) is 3.18. The second-order valence-corrected chi connectivity index (χ2v) is 4.64. The number of aryl methyl sites for hydroxylation is 1. The van der Waals surface area contributed by atoms with Gasteiger partial charge >= 0.3 is 5.69 Å². The summed E-state index contributed by atoms with van der Waals surface area (Å²) >= 11 is 0. The van der Waals surface area contributed by atoms with E-state index in [9.17, 15) is 9.59 Å². The van der Waals surface area contributed by atoms with Gasteiger partial charge in [0.2, 0.25) is 5.91 Å². The molecule has 1 fully saturated rings. The van der Waals surface area contributed by atoms with Crippen LogP contribution >= 0.6 is 0 Å². The van der Waals surface area contributed by atoms with Gasteiger partial charge in [-0.1, -0.05) is 6.92 Å². The van der Waals surface area contributed by atoms with Crippen LogP contribution in [0.4, 0.5) is 0 Å². The molecule has 0 unspecified atom stereocenters. The number of nitrogens with zero attached hydrogens (tertiary/aromatic N) is 3. The highest BCUT2D eigenvalue weighted by Crippen LogP contribution is 2.25. The molecule has 0 saturated heterocycles. The lowest BCUT2D eigenvalue weighted by Gasteiger charge is -2.15. The first-order valence-corrected chi connectivity index (χ1v) is 6.14. The quantitative estimate of drug-likeness (QED) is 0.756. The normalized spacial score (nSPS) is 14.9. The van der Waals surface area contributed by atoms with Gasteiger partial charge in [-0.25, -0.2) is 4.79 Å². The molecule has 0 aliphatic heterocycles. The maximum Gasteiger partial charge on any atom is 0.328 e. The van der Waals surface area contributed by atoms with Crippen molar-refractivity contribution in [3.63, 3.8) is 0 Å². The van der Waals surface area contributed by atoms with Gasteiger partial charge in [-0.3, -0.25) is 13.9 Å². The maximum absolute atomic E-state index is 11.9. The van der Waals surface area contributed by atoms with Crippen LogP contribution in [0.5, 0.6) is 0 Å². The first kappa shape index (κ1) is 12.0. The van der Waals surface area contributed by atoms with Gasteiger partial charge in [-0.05, 0) is 19.3 Å². The van der Waals surface area contributed by atoms with Crippen molar-refractivity contribution in [2.24, 2.45) is 0 Å². The molecule has 1 aliphatic rings. The summed E-state index contributed by atoms with van der Waals surface area (Å²) in [6, 6.07) is 0.399. The van der Waals surface area contributed by atoms with E-state index in [1.165, 1.54) is 4.57 Å². The first-order chi connectivity index (χ1) is 8.13. The lowest BCUT2D eigenvalue weighted by Crippen LogP contribution is -2.35. The van der Waals surface area contributed by atoms with Crippen molar-refractivity contribution in [2.75, 3.05) is 7.05 Å². The van der Waals surface area contributed by atoms with Crippen LogP contribution in [0.15, 0.2) is 17.2 Å². The van der Waals surface area contributed by atoms with E-state index in [-0.39, 0.29) is 18.1 Å². The molecule has 1 aromatic heterocycles. The summed E-state index contributed by atoms with van der Waals surface area (Å²) in [6.07, 6.45) is 6.54. The molecule has 1 heterocycles. The molecule has 1 aliphatic carbocycles. The number of hydrogen-bond acceptors (Lipinski definition) is 2. The number of rotatable bonds is 5. The fourth-order valence-corrected chi connectivity index (χ4v) is 1.91. The molecule has 0 aromatic carbocycles. The van der Waals surface area contributed by atoms with Crippen LogP contribution in [0.2, 0.25) is 0 Å². The lowest BCUT2D eigenvalue weighted by molar-refractivity contribution is -0.131. The number of imidazole rings is 1. The zero-order valence-electron chi connectivity index (χ0n) is 10.4. The van der Waals surface area contributed by atoms with Crippen molar-refractivity contribution in [1.82, 2.24) is 14.0 Å². The highest BCUT2D eigenvalue weighted by Gasteiger charge is 2.29. The van der Waals surface area contributed by atoms with E-state index >= 15 is 0 Å². The van der Waals surface area contributed by atoms with Crippen molar-refractivity contribution in [3.05, 3.63) is 22.9 Å². The molecule has 17 heavy (non-hydrogen) atoms. The summed E-state index contributed by atoms with van der Waals surface area (Å²) in [5, 5.41) is 0. The number of hydrogen-bond donors (Lipinski definition) is 0. The minimum Gasteiger partial charge on any atom is -0.341 e. The number of aromatic nitrogens is 2. The van der Waals surface area contributed by atoms with Gasteiger partial charge in [0.15, 0.2) is 0 Å². The molecule has 0 bridgehead atoms. The molecule has 0 radical (unpaired) electrons. The number of likely N-dealkylation sites (N-methyl/N-ethyl adjacent to an activating group) is 1. The second kappa shape index (κ2) is 4.77. The van der Waals surface area contributed by atoms with Gasteiger partial charge in [-0.15, -0.1) is 0 Å². The first-order valence-electron chi connectivity index (χ1n) is 6.14. The van der Waals surface area contributed by atoms with E-state index in [2.05, 4.69) is 0 Å². The van der Waals surface area contributed by atoms with E-state index < -0.39 is 0 Å². The van der Waals surface area contributed by atoms with Gasteiger partial charge in [0.25, 0.3) is 0 Å². The van der Waals surface area contributed by atoms with Gasteiger partial charge in [0.05, 0.1) is 0 Å². The molecule has 1 amide bonds. The molecule has 2 rings (SSSR count). The van der Waals surface area contributed by atoms with Crippen molar-refractivity contribution in [2.45, 2.75) is 45.3 Å². The van der Waals surface area contributed by atoms with Gasteiger partial charge in [0.1, 0.15) is 6.54 Å². The van der Waals surface area contributed by atoms with Crippen molar-refractivity contribution >= 4 is 5.91 Å². The summed E-state index contributed by atoms with van der Waals surface area (Å²) in [7, 11) is 1.81. The van der Waals surface area contributed by atoms with Crippen molar-refractivity contribution in [3.8, 4) is 0 Å². The monoisotopic (exact) mass is 237 g/mol. The second-order valence-electron chi connectivity index (χ2n) is 4.64. The Balaban J connectivity index is 2.03. The Morgan fingerprint density at radius 1 is 1.41 bits per heavy atom. The Bertz CT molecular complexity index is 457. The Morgan fingerprint density at radius 3 is 2.65 bits per heavy atom. The highest BCUT2D eigenvalue weighted by molar-refractivity contribution is 5.76. The number of carbonyl (C=O) groups is 1. The highest BCUT2D eigenvalue weighted by atomic mass is 16.2. The predicted molar refractivity (Wildman–Crippen MR) is 64.8 cm³/mol. The van der Waals surface area contributed by atoms with Crippen LogP contribution < -0.4 is 5.69 Å². The third kappa shape index (κ3) is 2.60. The summed E-state index contributed by atoms with van der Waals surface area (Å²) in [5.74, 6) is 0.0175. The SMILES string of the molecule is CCCn1ccn(CC(=O)N(C)C2CC2)c1=O. The molecule has 0 N–H and O–H groups in total. The number of carbonyl (C=O) groups excluding carboxylic acids is 1. The van der Waals surface area contributed by atoms with Crippen LogP contribution in [0, 0.1) is 0 Å². The molecular weight excluding hydrogens is 218 g/mol. The summed E-state index contributed by atoms with van der Waals surface area (Å²) in [6.45, 7) is 2.89. The molecule has 5 heteroatoms.